The molecule has 1 aromatic heterocycles. The lowest BCUT2D eigenvalue weighted by molar-refractivity contribution is 0.595. The molecule has 4 unspecified atom stereocenters. The first-order chi connectivity index (χ1) is 8.13. The Morgan fingerprint density at radius 1 is 1.35 bits per heavy atom. The van der Waals surface area contributed by atoms with Crippen LogP contribution in [0.2, 0.25) is 0 Å². The largest absolute Gasteiger partial charge is 0.311 e. The van der Waals surface area contributed by atoms with Gasteiger partial charge in [-0.1, -0.05) is 13.8 Å². The molecule has 1 aliphatic heterocycles. The molecule has 0 aromatic carbocycles. The Hall–Kier alpha value is 0.360. The number of nitrogens with one attached hydrogen (secondary N) is 1. The summed E-state index contributed by atoms with van der Waals surface area (Å²) in [4.78, 5) is 1.52. The lowest BCUT2D eigenvalue weighted by atomic mass is 10.1. The predicted molar refractivity (Wildman–Crippen MR) is 83.6 cm³/mol. The Labute approximate surface area is 117 Å². The van der Waals surface area contributed by atoms with Crippen molar-refractivity contribution >= 4 is 34.9 Å². The van der Waals surface area contributed by atoms with Gasteiger partial charge in [0.05, 0.1) is 6.04 Å². The molecule has 0 radical (unpaired) electrons. The molecule has 1 aliphatic rings. The van der Waals surface area contributed by atoms with Gasteiger partial charge >= 0.3 is 0 Å². The van der Waals surface area contributed by atoms with Crippen LogP contribution in [0.5, 0.6) is 0 Å². The molecular weight excluding hydrogens is 266 g/mol. The second-order valence-electron chi connectivity index (χ2n) is 4.65. The Morgan fingerprint density at radius 3 is 2.65 bits per heavy atom. The highest BCUT2D eigenvalue weighted by atomic mass is 32.2. The first-order valence-electron chi connectivity index (χ1n) is 6.11. The third-order valence-electron chi connectivity index (χ3n) is 3.44. The van der Waals surface area contributed by atoms with Gasteiger partial charge in [-0.05, 0) is 31.0 Å². The number of hydrogen-bond acceptors (Lipinski definition) is 4. The van der Waals surface area contributed by atoms with Crippen LogP contribution in [0, 0.1) is 6.92 Å². The monoisotopic (exact) mass is 287 g/mol. The summed E-state index contributed by atoms with van der Waals surface area (Å²) < 4.78 is 0. The van der Waals surface area contributed by atoms with E-state index in [1.807, 2.05) is 11.3 Å². The smallest absolute Gasteiger partial charge is 0.0543 e. The molecule has 1 nitrogen and oxygen atoms in total. The van der Waals surface area contributed by atoms with Crippen LogP contribution in [-0.2, 0) is 0 Å². The number of thioether (sulfide) groups is 2. The van der Waals surface area contributed by atoms with Gasteiger partial charge in [-0.15, -0.1) is 11.3 Å². The number of thiophene rings is 1. The van der Waals surface area contributed by atoms with Crippen LogP contribution in [-0.4, -0.2) is 28.6 Å². The van der Waals surface area contributed by atoms with Crippen molar-refractivity contribution in [2.45, 2.75) is 42.6 Å². The first kappa shape index (κ1) is 13.8. The third kappa shape index (κ3) is 3.03. The van der Waals surface area contributed by atoms with Gasteiger partial charge in [-0.25, -0.2) is 0 Å². The second kappa shape index (κ2) is 6.00. The van der Waals surface area contributed by atoms with E-state index < -0.39 is 0 Å². The van der Waals surface area contributed by atoms with E-state index in [4.69, 9.17) is 0 Å². The van der Waals surface area contributed by atoms with Crippen molar-refractivity contribution in [2.24, 2.45) is 0 Å². The van der Waals surface area contributed by atoms with E-state index in [1.165, 1.54) is 16.2 Å². The maximum Gasteiger partial charge on any atom is 0.0543 e. The van der Waals surface area contributed by atoms with Crippen LogP contribution < -0.4 is 5.32 Å². The Bertz CT molecular complexity index is 363. The van der Waals surface area contributed by atoms with Crippen molar-refractivity contribution in [1.82, 2.24) is 5.32 Å². The van der Waals surface area contributed by atoms with E-state index in [-0.39, 0.29) is 0 Å². The zero-order valence-electron chi connectivity index (χ0n) is 10.9. The van der Waals surface area contributed by atoms with E-state index in [0.29, 0.717) is 11.3 Å². The summed E-state index contributed by atoms with van der Waals surface area (Å²) in [5, 5.41) is 7.99. The molecule has 0 spiro atoms. The summed E-state index contributed by atoms with van der Waals surface area (Å²) in [6.45, 7) is 6.94. The Morgan fingerprint density at radius 2 is 2.12 bits per heavy atom. The summed E-state index contributed by atoms with van der Waals surface area (Å²) >= 11 is 6.18. The fourth-order valence-electron chi connectivity index (χ4n) is 2.17. The Balaban J connectivity index is 2.12. The van der Waals surface area contributed by atoms with Crippen LogP contribution in [0.3, 0.4) is 0 Å². The summed E-state index contributed by atoms with van der Waals surface area (Å²) in [5.41, 5.74) is 1.44. The molecule has 2 rings (SSSR count). The maximum absolute atomic E-state index is 3.53. The number of aryl methyl sites for hydroxylation is 1. The van der Waals surface area contributed by atoms with E-state index >= 15 is 0 Å². The molecule has 0 amide bonds. The molecule has 0 saturated carbocycles. The van der Waals surface area contributed by atoms with Crippen LogP contribution in [0.25, 0.3) is 0 Å². The lowest BCUT2D eigenvalue weighted by Crippen LogP contribution is -2.35. The zero-order chi connectivity index (χ0) is 12.4. The molecule has 4 heteroatoms. The highest BCUT2D eigenvalue weighted by molar-refractivity contribution is 8.07. The number of hydrogen-bond donors (Lipinski definition) is 1. The quantitative estimate of drug-likeness (QED) is 0.904. The minimum atomic E-state index is 0.516. The molecule has 1 saturated heterocycles. The third-order valence-corrected chi connectivity index (χ3v) is 8.04. The lowest BCUT2D eigenvalue weighted by Gasteiger charge is -2.35. The van der Waals surface area contributed by atoms with Crippen molar-refractivity contribution in [3.63, 3.8) is 0 Å². The van der Waals surface area contributed by atoms with E-state index in [1.54, 1.807) is 0 Å². The van der Waals surface area contributed by atoms with E-state index in [0.717, 1.165) is 10.5 Å². The van der Waals surface area contributed by atoms with Crippen molar-refractivity contribution in [3.8, 4) is 0 Å². The average Bonchev–Trinajstić information content (AvgIpc) is 2.71. The minimum Gasteiger partial charge on any atom is -0.311 e. The van der Waals surface area contributed by atoms with Crippen molar-refractivity contribution in [1.29, 1.82) is 0 Å². The molecule has 1 fully saturated rings. The zero-order valence-corrected chi connectivity index (χ0v) is 13.3. The van der Waals surface area contributed by atoms with Crippen molar-refractivity contribution in [3.05, 3.63) is 21.9 Å². The molecule has 4 atom stereocenters. The van der Waals surface area contributed by atoms with Crippen LogP contribution in [0.15, 0.2) is 11.4 Å². The van der Waals surface area contributed by atoms with Gasteiger partial charge in [0.2, 0.25) is 0 Å². The molecule has 2 heterocycles. The molecule has 17 heavy (non-hydrogen) atoms. The first-order valence-corrected chi connectivity index (χ1v) is 8.99. The van der Waals surface area contributed by atoms with Gasteiger partial charge in [0, 0.05) is 26.4 Å². The summed E-state index contributed by atoms with van der Waals surface area (Å²) in [6, 6.07) is 2.75. The highest BCUT2D eigenvalue weighted by Crippen LogP contribution is 2.42. The van der Waals surface area contributed by atoms with Crippen LogP contribution in [0.1, 0.15) is 30.3 Å². The van der Waals surface area contributed by atoms with Crippen LogP contribution >= 0.6 is 34.9 Å². The summed E-state index contributed by atoms with van der Waals surface area (Å²) in [6.07, 6.45) is 0. The fourth-order valence-corrected chi connectivity index (χ4v) is 6.50. The average molecular weight is 288 g/mol. The van der Waals surface area contributed by atoms with Gasteiger partial charge in [0.25, 0.3) is 0 Å². The fraction of sp³-hybridized carbons (Fsp3) is 0.692. The highest BCUT2D eigenvalue weighted by Gasteiger charge is 2.32. The number of rotatable bonds is 3. The van der Waals surface area contributed by atoms with Crippen LogP contribution in [0.4, 0.5) is 0 Å². The minimum absolute atomic E-state index is 0.516. The molecule has 1 N–H and O–H groups in total. The second-order valence-corrected chi connectivity index (χ2v) is 8.63. The molecular formula is C13H21NS3. The molecule has 1 aromatic rings. The van der Waals surface area contributed by atoms with E-state index in [2.05, 4.69) is 68.1 Å². The molecule has 96 valence electrons. The van der Waals surface area contributed by atoms with Gasteiger partial charge < -0.3 is 5.32 Å². The molecule has 0 aliphatic carbocycles. The normalized spacial score (nSPS) is 31.4. The van der Waals surface area contributed by atoms with Crippen molar-refractivity contribution in [2.75, 3.05) is 12.8 Å². The predicted octanol–water partition coefficient (Wildman–Crippen LogP) is 3.94. The van der Waals surface area contributed by atoms with Gasteiger partial charge in [-0.2, -0.15) is 23.5 Å². The molecule has 0 bridgehead atoms. The summed E-state index contributed by atoms with van der Waals surface area (Å²) in [5.74, 6) is 1.26. The van der Waals surface area contributed by atoms with E-state index in [9.17, 15) is 0 Å². The SMILES string of the molecule is CNC(c1sccc1C)C1CSC(C)C(C)S1. The topological polar surface area (TPSA) is 12.0 Å². The Kier molecular flexibility index (Phi) is 4.87. The standard InChI is InChI=1S/C13H21NS3/c1-8-5-6-15-13(8)12(14-4)11-7-16-9(2)10(3)17-11/h5-6,9-12,14H,7H2,1-4H3. The van der Waals surface area contributed by atoms with Gasteiger partial charge in [0.1, 0.15) is 0 Å². The van der Waals surface area contributed by atoms with Crippen molar-refractivity contribution < 1.29 is 0 Å². The maximum atomic E-state index is 3.53. The van der Waals surface area contributed by atoms with Gasteiger partial charge in [-0.3, -0.25) is 0 Å². The van der Waals surface area contributed by atoms with Gasteiger partial charge in [0.15, 0.2) is 0 Å². The summed E-state index contributed by atoms with van der Waals surface area (Å²) in [7, 11) is 2.09.